The van der Waals surface area contributed by atoms with Crippen molar-refractivity contribution in [2.45, 2.75) is 12.8 Å². The maximum absolute atomic E-state index is 11.9. The van der Waals surface area contributed by atoms with Crippen LogP contribution in [0, 0.1) is 11.8 Å². The van der Waals surface area contributed by atoms with Crippen molar-refractivity contribution >= 4 is 5.78 Å². The predicted octanol–water partition coefficient (Wildman–Crippen LogP) is 0.705. The standard InChI is InChI=1S/C11H22N2O/c1-12(2)7-9-5-6-10(11(9)14)8-13(3)4/h9-10H,5-8H2,1-4H3/t9-,10-/m1/s1. The fourth-order valence-electron chi connectivity index (χ4n) is 2.26. The van der Waals surface area contributed by atoms with E-state index in [1.54, 1.807) is 0 Å². The molecule has 82 valence electrons. The van der Waals surface area contributed by atoms with Gasteiger partial charge in [-0.3, -0.25) is 4.79 Å². The molecular formula is C11H22N2O. The van der Waals surface area contributed by atoms with Crippen molar-refractivity contribution < 1.29 is 4.79 Å². The van der Waals surface area contributed by atoms with Crippen LogP contribution in [0.25, 0.3) is 0 Å². The molecule has 0 amide bonds. The third kappa shape index (κ3) is 3.07. The van der Waals surface area contributed by atoms with E-state index in [0.717, 1.165) is 25.9 Å². The number of carbonyl (C=O) groups is 1. The molecule has 0 saturated heterocycles. The third-order valence-corrected chi connectivity index (χ3v) is 2.84. The van der Waals surface area contributed by atoms with Gasteiger partial charge in [0.1, 0.15) is 5.78 Å². The number of hydrogen-bond donors (Lipinski definition) is 0. The lowest BCUT2D eigenvalue weighted by Crippen LogP contribution is -2.30. The maximum Gasteiger partial charge on any atom is 0.141 e. The Morgan fingerprint density at radius 1 is 1.00 bits per heavy atom. The highest BCUT2D eigenvalue weighted by molar-refractivity contribution is 5.85. The van der Waals surface area contributed by atoms with Crippen LogP contribution in [0.3, 0.4) is 0 Å². The largest absolute Gasteiger partial charge is 0.309 e. The van der Waals surface area contributed by atoms with Crippen molar-refractivity contribution in [3.05, 3.63) is 0 Å². The van der Waals surface area contributed by atoms with Crippen LogP contribution in [0.5, 0.6) is 0 Å². The summed E-state index contributed by atoms with van der Waals surface area (Å²) in [5, 5.41) is 0. The first-order chi connectivity index (χ1) is 6.50. The van der Waals surface area contributed by atoms with E-state index in [1.165, 1.54) is 0 Å². The average Bonchev–Trinajstić information content (AvgIpc) is 2.34. The van der Waals surface area contributed by atoms with Crippen molar-refractivity contribution in [1.82, 2.24) is 9.80 Å². The number of Topliss-reactive ketones (excluding diaryl/α,β-unsaturated/α-hetero) is 1. The number of hydrogen-bond acceptors (Lipinski definition) is 3. The van der Waals surface area contributed by atoms with Gasteiger partial charge in [0.15, 0.2) is 0 Å². The van der Waals surface area contributed by atoms with E-state index in [1.807, 2.05) is 28.2 Å². The lowest BCUT2D eigenvalue weighted by atomic mass is 10.0. The number of ketones is 1. The molecule has 3 nitrogen and oxygen atoms in total. The average molecular weight is 198 g/mol. The SMILES string of the molecule is CN(C)C[C@H]1CC[C@H](CN(C)C)C1=O. The Morgan fingerprint density at radius 3 is 1.64 bits per heavy atom. The quantitative estimate of drug-likeness (QED) is 0.664. The second-order valence-corrected chi connectivity index (χ2v) is 4.90. The van der Waals surface area contributed by atoms with Crippen LogP contribution >= 0.6 is 0 Å². The molecule has 0 aromatic rings. The van der Waals surface area contributed by atoms with Crippen molar-refractivity contribution in [3.8, 4) is 0 Å². The van der Waals surface area contributed by atoms with Gasteiger partial charge in [0, 0.05) is 24.9 Å². The lowest BCUT2D eigenvalue weighted by molar-refractivity contribution is -0.124. The Hall–Kier alpha value is -0.410. The van der Waals surface area contributed by atoms with Gasteiger partial charge in [0.05, 0.1) is 0 Å². The topological polar surface area (TPSA) is 23.6 Å². The summed E-state index contributed by atoms with van der Waals surface area (Å²) in [6, 6.07) is 0. The Kier molecular flexibility index (Phi) is 4.08. The molecule has 0 aliphatic heterocycles. The van der Waals surface area contributed by atoms with Crippen molar-refractivity contribution in [3.63, 3.8) is 0 Å². The highest BCUT2D eigenvalue weighted by atomic mass is 16.1. The molecule has 14 heavy (non-hydrogen) atoms. The van der Waals surface area contributed by atoms with Crippen LogP contribution < -0.4 is 0 Å². The summed E-state index contributed by atoms with van der Waals surface area (Å²) in [5.74, 6) is 1.05. The number of carbonyl (C=O) groups excluding carboxylic acids is 1. The number of rotatable bonds is 4. The van der Waals surface area contributed by atoms with E-state index in [2.05, 4.69) is 9.80 Å². The summed E-state index contributed by atoms with van der Waals surface area (Å²) in [4.78, 5) is 16.1. The van der Waals surface area contributed by atoms with E-state index in [9.17, 15) is 4.79 Å². The fourth-order valence-corrected chi connectivity index (χ4v) is 2.26. The van der Waals surface area contributed by atoms with Gasteiger partial charge >= 0.3 is 0 Å². The molecule has 0 heterocycles. The Labute approximate surface area is 87.1 Å². The molecule has 0 aromatic heterocycles. The number of nitrogens with zero attached hydrogens (tertiary/aromatic N) is 2. The Bertz CT molecular complexity index is 181. The van der Waals surface area contributed by atoms with Crippen LogP contribution in [0.15, 0.2) is 0 Å². The van der Waals surface area contributed by atoms with E-state index >= 15 is 0 Å². The molecule has 0 aromatic carbocycles. The molecule has 1 saturated carbocycles. The van der Waals surface area contributed by atoms with Crippen LogP contribution in [-0.4, -0.2) is 56.9 Å². The van der Waals surface area contributed by atoms with Gasteiger partial charge in [-0.1, -0.05) is 0 Å². The highest BCUT2D eigenvalue weighted by Gasteiger charge is 2.34. The molecule has 0 unspecified atom stereocenters. The van der Waals surface area contributed by atoms with Gasteiger partial charge < -0.3 is 9.80 Å². The van der Waals surface area contributed by atoms with Crippen molar-refractivity contribution in [1.29, 1.82) is 0 Å². The molecule has 1 aliphatic rings. The van der Waals surface area contributed by atoms with Gasteiger partial charge in [-0.25, -0.2) is 0 Å². The summed E-state index contributed by atoms with van der Waals surface area (Å²) < 4.78 is 0. The monoisotopic (exact) mass is 198 g/mol. The van der Waals surface area contributed by atoms with Crippen LogP contribution in [0.2, 0.25) is 0 Å². The first-order valence-corrected chi connectivity index (χ1v) is 5.34. The molecule has 1 aliphatic carbocycles. The molecule has 2 atom stereocenters. The van der Waals surface area contributed by atoms with E-state index < -0.39 is 0 Å². The van der Waals surface area contributed by atoms with E-state index in [4.69, 9.17) is 0 Å². The molecule has 0 N–H and O–H groups in total. The molecule has 1 rings (SSSR count). The molecule has 0 bridgehead atoms. The smallest absolute Gasteiger partial charge is 0.141 e. The van der Waals surface area contributed by atoms with Crippen molar-refractivity contribution in [2.75, 3.05) is 41.3 Å². The van der Waals surface area contributed by atoms with Gasteiger partial charge in [-0.2, -0.15) is 0 Å². The van der Waals surface area contributed by atoms with Gasteiger partial charge in [0.2, 0.25) is 0 Å². The molecule has 3 heteroatoms. The third-order valence-electron chi connectivity index (χ3n) is 2.84. The van der Waals surface area contributed by atoms with Crippen LogP contribution in [-0.2, 0) is 4.79 Å². The molecule has 1 fully saturated rings. The Morgan fingerprint density at radius 2 is 1.36 bits per heavy atom. The van der Waals surface area contributed by atoms with E-state index in [0.29, 0.717) is 5.78 Å². The highest BCUT2D eigenvalue weighted by Crippen LogP contribution is 2.27. The minimum absolute atomic E-state index is 0.287. The molecule has 0 spiro atoms. The van der Waals surface area contributed by atoms with Gasteiger partial charge in [0.25, 0.3) is 0 Å². The minimum Gasteiger partial charge on any atom is -0.309 e. The second kappa shape index (κ2) is 4.89. The van der Waals surface area contributed by atoms with Gasteiger partial charge in [-0.15, -0.1) is 0 Å². The van der Waals surface area contributed by atoms with Crippen LogP contribution in [0.1, 0.15) is 12.8 Å². The second-order valence-electron chi connectivity index (χ2n) is 4.90. The molecular weight excluding hydrogens is 176 g/mol. The predicted molar refractivity (Wildman–Crippen MR) is 58.3 cm³/mol. The first kappa shape index (κ1) is 11.7. The normalized spacial score (nSPS) is 28.0. The lowest BCUT2D eigenvalue weighted by Gasteiger charge is -2.17. The maximum atomic E-state index is 11.9. The summed E-state index contributed by atoms with van der Waals surface area (Å²) >= 11 is 0. The van der Waals surface area contributed by atoms with E-state index in [-0.39, 0.29) is 11.8 Å². The summed E-state index contributed by atoms with van der Waals surface area (Å²) in [6.07, 6.45) is 2.16. The zero-order chi connectivity index (χ0) is 10.7. The fraction of sp³-hybridized carbons (Fsp3) is 0.909. The molecule has 0 radical (unpaired) electrons. The zero-order valence-electron chi connectivity index (χ0n) is 9.79. The summed E-state index contributed by atoms with van der Waals surface area (Å²) in [7, 11) is 8.14. The Balaban J connectivity index is 2.43. The van der Waals surface area contributed by atoms with Gasteiger partial charge in [-0.05, 0) is 41.0 Å². The first-order valence-electron chi connectivity index (χ1n) is 5.34. The van der Waals surface area contributed by atoms with Crippen molar-refractivity contribution in [2.24, 2.45) is 11.8 Å². The zero-order valence-corrected chi connectivity index (χ0v) is 9.79. The summed E-state index contributed by atoms with van der Waals surface area (Å²) in [5.41, 5.74) is 0. The van der Waals surface area contributed by atoms with Crippen LogP contribution in [0.4, 0.5) is 0 Å². The minimum atomic E-state index is 0.287. The summed E-state index contributed by atoms with van der Waals surface area (Å²) in [6.45, 7) is 1.84.